The summed E-state index contributed by atoms with van der Waals surface area (Å²) in [6, 6.07) is 12.5. The molecule has 0 aliphatic carbocycles. The van der Waals surface area contributed by atoms with Crippen molar-refractivity contribution in [2.75, 3.05) is 13.2 Å². The van der Waals surface area contributed by atoms with Crippen LogP contribution in [0.1, 0.15) is 38.3 Å². The maximum atomic E-state index is 13.2. The largest absolute Gasteiger partial charge is 0.486 e. The lowest BCUT2D eigenvalue weighted by atomic mass is 10.1. The zero-order valence-electron chi connectivity index (χ0n) is 18.2. The molecule has 2 aromatic carbocycles. The zero-order chi connectivity index (χ0) is 22.4. The van der Waals surface area contributed by atoms with Crippen LogP contribution in [0.5, 0.6) is 11.5 Å². The summed E-state index contributed by atoms with van der Waals surface area (Å²) in [7, 11) is 0. The minimum atomic E-state index is -0.619. The van der Waals surface area contributed by atoms with E-state index in [-0.39, 0.29) is 30.8 Å². The Morgan fingerprint density at radius 3 is 2.48 bits per heavy atom. The van der Waals surface area contributed by atoms with E-state index in [0.29, 0.717) is 30.4 Å². The van der Waals surface area contributed by atoms with Crippen molar-refractivity contribution in [1.82, 2.24) is 10.2 Å². The fourth-order valence-electron chi connectivity index (χ4n) is 3.44. The molecule has 0 unspecified atom stereocenters. The first-order chi connectivity index (χ1) is 14.8. The first-order valence-corrected chi connectivity index (χ1v) is 10.9. The molecule has 0 fully saturated rings. The maximum absolute atomic E-state index is 13.2. The van der Waals surface area contributed by atoms with Crippen molar-refractivity contribution < 1.29 is 19.1 Å². The summed E-state index contributed by atoms with van der Waals surface area (Å²) in [5.41, 5.74) is 1.79. The van der Waals surface area contributed by atoms with Gasteiger partial charge in [-0.25, -0.2) is 0 Å². The number of carbonyl (C=O) groups excluding carboxylic acids is 2. The van der Waals surface area contributed by atoms with Crippen LogP contribution in [-0.4, -0.2) is 42.0 Å². The quantitative estimate of drug-likeness (QED) is 0.668. The van der Waals surface area contributed by atoms with Crippen LogP contribution in [-0.2, 0) is 22.6 Å². The number of hydrogen-bond acceptors (Lipinski definition) is 4. The summed E-state index contributed by atoms with van der Waals surface area (Å²) in [6.07, 6.45) is 0.802. The van der Waals surface area contributed by atoms with E-state index in [9.17, 15) is 9.59 Å². The second-order valence-electron chi connectivity index (χ2n) is 7.93. The van der Waals surface area contributed by atoms with Crippen molar-refractivity contribution in [1.29, 1.82) is 0 Å². The molecule has 2 aromatic rings. The SMILES string of the molecule is CC(C)NC(=O)[C@@H](C)N(Cc1ccccc1Cl)C(=O)CCc1ccc2c(c1)OCCO2. The number of benzene rings is 2. The molecule has 1 N–H and O–H groups in total. The molecule has 2 amide bonds. The summed E-state index contributed by atoms with van der Waals surface area (Å²) in [5, 5.41) is 3.46. The van der Waals surface area contributed by atoms with Gasteiger partial charge in [0.2, 0.25) is 11.8 Å². The van der Waals surface area contributed by atoms with Crippen LogP contribution in [0.2, 0.25) is 5.02 Å². The number of aryl methyl sites for hydroxylation is 1. The minimum absolute atomic E-state index is 0.00932. The first-order valence-electron chi connectivity index (χ1n) is 10.6. The summed E-state index contributed by atoms with van der Waals surface area (Å²) < 4.78 is 11.2. The van der Waals surface area contributed by atoms with E-state index in [1.807, 2.05) is 50.2 Å². The topological polar surface area (TPSA) is 67.9 Å². The van der Waals surface area contributed by atoms with Gasteiger partial charge in [-0.2, -0.15) is 0 Å². The minimum Gasteiger partial charge on any atom is -0.486 e. The molecule has 0 saturated heterocycles. The van der Waals surface area contributed by atoms with Gasteiger partial charge in [-0.3, -0.25) is 9.59 Å². The Morgan fingerprint density at radius 2 is 1.77 bits per heavy atom. The molecule has 31 heavy (non-hydrogen) atoms. The van der Waals surface area contributed by atoms with Crippen LogP contribution in [0.3, 0.4) is 0 Å². The Balaban J connectivity index is 1.73. The van der Waals surface area contributed by atoms with E-state index < -0.39 is 6.04 Å². The van der Waals surface area contributed by atoms with Crippen molar-refractivity contribution >= 4 is 23.4 Å². The molecule has 6 nitrogen and oxygen atoms in total. The van der Waals surface area contributed by atoms with Crippen LogP contribution < -0.4 is 14.8 Å². The average Bonchev–Trinajstić information content (AvgIpc) is 2.76. The second kappa shape index (κ2) is 10.5. The highest BCUT2D eigenvalue weighted by Gasteiger charge is 2.27. The van der Waals surface area contributed by atoms with Gasteiger partial charge < -0.3 is 19.7 Å². The van der Waals surface area contributed by atoms with Gasteiger partial charge in [0.05, 0.1) is 0 Å². The number of fused-ring (bicyclic) bond motifs is 1. The monoisotopic (exact) mass is 444 g/mol. The molecule has 1 aliphatic rings. The van der Waals surface area contributed by atoms with Crippen molar-refractivity contribution in [2.45, 2.75) is 52.2 Å². The molecule has 7 heteroatoms. The standard InChI is InChI=1S/C24H29ClN2O4/c1-16(2)26-24(29)17(3)27(15-19-6-4-5-7-20(19)25)23(28)11-9-18-8-10-21-22(14-18)31-13-12-30-21/h4-8,10,14,16-17H,9,11-13,15H2,1-3H3,(H,26,29)/t17-/m1/s1. The highest BCUT2D eigenvalue weighted by Crippen LogP contribution is 2.31. The number of nitrogens with one attached hydrogen (secondary N) is 1. The van der Waals surface area contributed by atoms with Gasteiger partial charge in [-0.1, -0.05) is 35.9 Å². The number of nitrogens with zero attached hydrogens (tertiary/aromatic N) is 1. The van der Waals surface area contributed by atoms with E-state index in [2.05, 4.69) is 5.32 Å². The Labute approximate surface area is 188 Å². The van der Waals surface area contributed by atoms with Gasteiger partial charge >= 0.3 is 0 Å². The Hall–Kier alpha value is -2.73. The highest BCUT2D eigenvalue weighted by molar-refractivity contribution is 6.31. The number of rotatable bonds is 8. The fraction of sp³-hybridized carbons (Fsp3) is 0.417. The molecule has 0 spiro atoms. The number of hydrogen-bond donors (Lipinski definition) is 1. The van der Waals surface area contributed by atoms with Crippen molar-refractivity contribution in [3.8, 4) is 11.5 Å². The third-order valence-corrected chi connectivity index (χ3v) is 5.50. The molecular weight excluding hydrogens is 416 g/mol. The lowest BCUT2D eigenvalue weighted by Crippen LogP contribution is -2.49. The summed E-state index contributed by atoms with van der Waals surface area (Å²) >= 11 is 6.32. The van der Waals surface area contributed by atoms with Crippen LogP contribution in [0, 0.1) is 0 Å². The molecule has 0 radical (unpaired) electrons. The second-order valence-corrected chi connectivity index (χ2v) is 8.34. The average molecular weight is 445 g/mol. The van der Waals surface area contributed by atoms with Crippen LogP contribution in [0.4, 0.5) is 0 Å². The Morgan fingerprint density at radius 1 is 1.06 bits per heavy atom. The number of ether oxygens (including phenoxy) is 2. The maximum Gasteiger partial charge on any atom is 0.242 e. The molecule has 3 rings (SSSR count). The molecule has 0 aromatic heterocycles. The van der Waals surface area contributed by atoms with E-state index in [1.165, 1.54) is 0 Å². The number of carbonyl (C=O) groups is 2. The molecule has 0 bridgehead atoms. The normalized spacial score (nSPS) is 13.6. The highest BCUT2D eigenvalue weighted by atomic mass is 35.5. The van der Waals surface area contributed by atoms with Crippen molar-refractivity contribution in [3.05, 3.63) is 58.6 Å². The van der Waals surface area contributed by atoms with Crippen molar-refractivity contribution in [3.63, 3.8) is 0 Å². The van der Waals surface area contributed by atoms with Gasteiger partial charge in [0.25, 0.3) is 0 Å². The fourth-order valence-corrected chi connectivity index (χ4v) is 3.63. The number of halogens is 1. The van der Waals surface area contributed by atoms with Crippen LogP contribution >= 0.6 is 11.6 Å². The van der Waals surface area contributed by atoms with Gasteiger partial charge in [0.15, 0.2) is 11.5 Å². The Kier molecular flexibility index (Phi) is 7.80. The molecule has 0 saturated carbocycles. The summed E-state index contributed by atoms with van der Waals surface area (Å²) in [6.45, 7) is 6.87. The summed E-state index contributed by atoms with van der Waals surface area (Å²) in [5.74, 6) is 1.13. The van der Waals surface area contributed by atoms with E-state index in [0.717, 1.165) is 16.9 Å². The van der Waals surface area contributed by atoms with Gasteiger partial charge in [0.1, 0.15) is 19.3 Å². The van der Waals surface area contributed by atoms with E-state index in [4.69, 9.17) is 21.1 Å². The summed E-state index contributed by atoms with van der Waals surface area (Å²) in [4.78, 5) is 27.4. The smallest absolute Gasteiger partial charge is 0.242 e. The van der Waals surface area contributed by atoms with Crippen LogP contribution in [0.15, 0.2) is 42.5 Å². The lowest BCUT2D eigenvalue weighted by Gasteiger charge is -2.30. The van der Waals surface area contributed by atoms with E-state index in [1.54, 1.807) is 17.9 Å². The van der Waals surface area contributed by atoms with Gasteiger partial charge in [0, 0.05) is 24.0 Å². The molecule has 1 aliphatic heterocycles. The third-order valence-electron chi connectivity index (χ3n) is 5.13. The van der Waals surface area contributed by atoms with Crippen molar-refractivity contribution in [2.24, 2.45) is 0 Å². The van der Waals surface area contributed by atoms with Crippen LogP contribution in [0.25, 0.3) is 0 Å². The molecule has 1 atom stereocenters. The lowest BCUT2D eigenvalue weighted by molar-refractivity contribution is -0.140. The molecule has 166 valence electrons. The first kappa shape index (κ1) is 22.9. The Bertz CT molecular complexity index is 932. The van der Waals surface area contributed by atoms with E-state index >= 15 is 0 Å². The molecular formula is C24H29ClN2O4. The number of amides is 2. The van der Waals surface area contributed by atoms with Gasteiger partial charge in [-0.15, -0.1) is 0 Å². The zero-order valence-corrected chi connectivity index (χ0v) is 18.9. The third kappa shape index (κ3) is 6.14. The van der Waals surface area contributed by atoms with Gasteiger partial charge in [-0.05, 0) is 56.5 Å². The molecule has 1 heterocycles. The predicted octanol–water partition coefficient (Wildman–Crippen LogP) is 3.99. The predicted molar refractivity (Wildman–Crippen MR) is 120 cm³/mol.